The third-order valence-corrected chi connectivity index (χ3v) is 4.04. The summed E-state index contributed by atoms with van der Waals surface area (Å²) in [7, 11) is 0. The normalized spacial score (nSPS) is 18.4. The Morgan fingerprint density at radius 1 is 1.40 bits per heavy atom. The zero-order valence-electron chi connectivity index (χ0n) is 11.7. The molecule has 0 saturated carbocycles. The Morgan fingerprint density at radius 3 is 2.85 bits per heavy atom. The Bertz CT molecular complexity index is 538. The van der Waals surface area contributed by atoms with Crippen LogP contribution < -0.4 is 10.6 Å². The van der Waals surface area contributed by atoms with Gasteiger partial charge in [0.1, 0.15) is 25.0 Å². The molecule has 3 heterocycles. The SMILES string of the molecule is CC1(CN)CCN(c2n[nH]c(Cn3cncn3)n2)CC1. The van der Waals surface area contributed by atoms with Gasteiger partial charge in [-0.05, 0) is 24.8 Å². The summed E-state index contributed by atoms with van der Waals surface area (Å²) in [5.41, 5.74) is 6.09. The van der Waals surface area contributed by atoms with Crippen molar-refractivity contribution in [2.24, 2.45) is 11.1 Å². The lowest BCUT2D eigenvalue weighted by Crippen LogP contribution is -2.42. The number of hydrogen-bond acceptors (Lipinski definition) is 6. The number of anilines is 1. The topological polar surface area (TPSA) is 102 Å². The highest BCUT2D eigenvalue weighted by molar-refractivity contribution is 5.29. The Balaban J connectivity index is 1.63. The third kappa shape index (κ3) is 2.64. The molecule has 8 heteroatoms. The number of hydrogen-bond donors (Lipinski definition) is 2. The van der Waals surface area contributed by atoms with Gasteiger partial charge < -0.3 is 10.6 Å². The minimum Gasteiger partial charge on any atom is -0.340 e. The van der Waals surface area contributed by atoms with Crippen molar-refractivity contribution in [3.63, 3.8) is 0 Å². The van der Waals surface area contributed by atoms with Crippen molar-refractivity contribution in [3.05, 3.63) is 18.5 Å². The van der Waals surface area contributed by atoms with Gasteiger partial charge in [-0.2, -0.15) is 10.1 Å². The van der Waals surface area contributed by atoms with E-state index in [4.69, 9.17) is 5.73 Å². The number of nitrogens with zero attached hydrogens (tertiary/aromatic N) is 6. The third-order valence-electron chi connectivity index (χ3n) is 4.04. The van der Waals surface area contributed by atoms with E-state index in [0.29, 0.717) is 6.54 Å². The Kier molecular flexibility index (Phi) is 3.39. The maximum atomic E-state index is 5.83. The summed E-state index contributed by atoms with van der Waals surface area (Å²) in [5, 5.41) is 11.3. The van der Waals surface area contributed by atoms with Crippen LogP contribution >= 0.6 is 0 Å². The number of nitrogens with two attached hydrogens (primary N) is 1. The first-order valence-electron chi connectivity index (χ1n) is 6.87. The molecule has 20 heavy (non-hydrogen) atoms. The van der Waals surface area contributed by atoms with Crippen LogP contribution in [0.25, 0.3) is 0 Å². The van der Waals surface area contributed by atoms with E-state index in [0.717, 1.165) is 44.2 Å². The molecule has 3 N–H and O–H groups in total. The van der Waals surface area contributed by atoms with E-state index in [9.17, 15) is 0 Å². The van der Waals surface area contributed by atoms with Crippen LogP contribution in [-0.2, 0) is 6.54 Å². The van der Waals surface area contributed by atoms with Crippen molar-refractivity contribution in [2.75, 3.05) is 24.5 Å². The van der Waals surface area contributed by atoms with E-state index in [1.807, 2.05) is 0 Å². The highest BCUT2D eigenvalue weighted by atomic mass is 15.4. The molecule has 0 atom stereocenters. The zero-order valence-corrected chi connectivity index (χ0v) is 11.7. The summed E-state index contributed by atoms with van der Waals surface area (Å²) in [4.78, 5) is 10.6. The fourth-order valence-corrected chi connectivity index (χ4v) is 2.42. The predicted octanol–water partition coefficient (Wildman–Crippen LogP) is 0.00970. The molecule has 108 valence electrons. The van der Waals surface area contributed by atoms with Crippen LogP contribution in [0.15, 0.2) is 12.7 Å². The Hall–Kier alpha value is -1.96. The monoisotopic (exact) mass is 276 g/mol. The minimum atomic E-state index is 0.260. The number of aromatic amines is 1. The van der Waals surface area contributed by atoms with E-state index >= 15 is 0 Å². The molecule has 2 aromatic rings. The van der Waals surface area contributed by atoms with Gasteiger partial charge in [-0.15, -0.1) is 5.10 Å². The standard InChI is InChI=1S/C12H20N8/c1-12(7-13)2-4-19(5-3-12)11-16-10(17-18-11)6-20-9-14-8-15-20/h8-9H,2-7,13H2,1H3,(H,16,17,18). The molecule has 3 rings (SSSR count). The van der Waals surface area contributed by atoms with Crippen LogP contribution in [0, 0.1) is 5.41 Å². The lowest BCUT2D eigenvalue weighted by Gasteiger charge is -2.38. The molecule has 0 radical (unpaired) electrons. The second-order valence-corrected chi connectivity index (χ2v) is 5.68. The van der Waals surface area contributed by atoms with Crippen molar-refractivity contribution in [1.29, 1.82) is 0 Å². The molecule has 8 nitrogen and oxygen atoms in total. The van der Waals surface area contributed by atoms with Gasteiger partial charge in [0, 0.05) is 13.1 Å². The molecule has 0 aliphatic carbocycles. The second-order valence-electron chi connectivity index (χ2n) is 5.68. The Labute approximate surface area is 117 Å². The lowest BCUT2D eigenvalue weighted by atomic mass is 9.81. The van der Waals surface area contributed by atoms with Crippen LogP contribution in [0.1, 0.15) is 25.6 Å². The molecule has 1 aliphatic rings. The Morgan fingerprint density at radius 2 is 2.20 bits per heavy atom. The molecular weight excluding hydrogens is 256 g/mol. The van der Waals surface area contributed by atoms with Gasteiger partial charge in [-0.25, -0.2) is 9.67 Å². The van der Waals surface area contributed by atoms with Crippen molar-refractivity contribution < 1.29 is 0 Å². The number of aromatic nitrogens is 6. The molecule has 2 aromatic heterocycles. The van der Waals surface area contributed by atoms with Crippen LogP contribution in [0.5, 0.6) is 0 Å². The van der Waals surface area contributed by atoms with Crippen LogP contribution in [0.3, 0.4) is 0 Å². The predicted molar refractivity (Wildman–Crippen MR) is 74.1 cm³/mol. The van der Waals surface area contributed by atoms with E-state index in [2.05, 4.69) is 37.1 Å². The van der Waals surface area contributed by atoms with E-state index in [-0.39, 0.29) is 5.41 Å². The average Bonchev–Trinajstić information content (AvgIpc) is 3.12. The molecule has 1 aliphatic heterocycles. The molecule has 0 unspecified atom stereocenters. The molecule has 1 saturated heterocycles. The van der Waals surface area contributed by atoms with E-state index < -0.39 is 0 Å². The largest absolute Gasteiger partial charge is 0.340 e. The second kappa shape index (κ2) is 5.20. The van der Waals surface area contributed by atoms with Crippen molar-refractivity contribution in [2.45, 2.75) is 26.3 Å². The van der Waals surface area contributed by atoms with Gasteiger partial charge >= 0.3 is 0 Å². The van der Waals surface area contributed by atoms with Gasteiger partial charge in [-0.1, -0.05) is 6.92 Å². The number of rotatable bonds is 4. The fourth-order valence-electron chi connectivity index (χ4n) is 2.42. The minimum absolute atomic E-state index is 0.260. The highest BCUT2D eigenvalue weighted by Gasteiger charge is 2.29. The first kappa shape index (κ1) is 13.0. The highest BCUT2D eigenvalue weighted by Crippen LogP contribution is 2.30. The first-order valence-corrected chi connectivity index (χ1v) is 6.87. The summed E-state index contributed by atoms with van der Waals surface area (Å²) < 4.78 is 1.71. The van der Waals surface area contributed by atoms with Gasteiger partial charge in [0.25, 0.3) is 0 Å². The fraction of sp³-hybridized carbons (Fsp3) is 0.667. The van der Waals surface area contributed by atoms with Crippen molar-refractivity contribution >= 4 is 5.95 Å². The molecule has 0 spiro atoms. The molecular formula is C12H20N8. The molecule has 1 fully saturated rings. The van der Waals surface area contributed by atoms with Crippen LogP contribution in [0.4, 0.5) is 5.95 Å². The molecule has 0 bridgehead atoms. The van der Waals surface area contributed by atoms with Crippen molar-refractivity contribution in [1.82, 2.24) is 29.9 Å². The summed E-state index contributed by atoms with van der Waals surface area (Å²) >= 11 is 0. The molecule has 0 amide bonds. The summed E-state index contributed by atoms with van der Waals surface area (Å²) in [6.07, 6.45) is 5.33. The number of piperidine rings is 1. The summed E-state index contributed by atoms with van der Waals surface area (Å²) in [5.74, 6) is 1.55. The van der Waals surface area contributed by atoms with E-state index in [1.54, 1.807) is 11.0 Å². The first-order chi connectivity index (χ1) is 9.68. The number of nitrogens with one attached hydrogen (secondary N) is 1. The smallest absolute Gasteiger partial charge is 0.244 e. The maximum Gasteiger partial charge on any atom is 0.244 e. The quantitative estimate of drug-likeness (QED) is 0.815. The molecule has 0 aromatic carbocycles. The maximum absolute atomic E-state index is 5.83. The van der Waals surface area contributed by atoms with Crippen molar-refractivity contribution in [3.8, 4) is 0 Å². The van der Waals surface area contributed by atoms with Gasteiger partial charge in [-0.3, -0.25) is 5.10 Å². The summed E-state index contributed by atoms with van der Waals surface area (Å²) in [6, 6.07) is 0. The zero-order chi connectivity index (χ0) is 14.0. The van der Waals surface area contributed by atoms with Gasteiger partial charge in [0.15, 0.2) is 0 Å². The van der Waals surface area contributed by atoms with Crippen LogP contribution in [0.2, 0.25) is 0 Å². The van der Waals surface area contributed by atoms with Crippen LogP contribution in [-0.4, -0.2) is 49.6 Å². The van der Waals surface area contributed by atoms with E-state index in [1.165, 1.54) is 6.33 Å². The average molecular weight is 276 g/mol. The van der Waals surface area contributed by atoms with Gasteiger partial charge in [0.05, 0.1) is 0 Å². The lowest BCUT2D eigenvalue weighted by molar-refractivity contribution is 0.257. The number of H-pyrrole nitrogens is 1. The summed E-state index contributed by atoms with van der Waals surface area (Å²) in [6.45, 7) is 5.45. The van der Waals surface area contributed by atoms with Gasteiger partial charge in [0.2, 0.25) is 5.95 Å².